The normalized spacial score (nSPS) is 10.3. The molecule has 0 radical (unpaired) electrons. The maximum absolute atomic E-state index is 12.0. The Labute approximate surface area is 139 Å². The van der Waals surface area contributed by atoms with Crippen molar-refractivity contribution >= 4 is 34.9 Å². The SMILES string of the molecule is C=Nc1cc(-c2ccc(C(=O)N(C)C)nc2OC)oc1C(=C)Cl. The number of ether oxygens (including phenoxy) is 1. The summed E-state index contributed by atoms with van der Waals surface area (Å²) in [6.45, 7) is 7.10. The highest BCUT2D eigenvalue weighted by Gasteiger charge is 2.19. The van der Waals surface area contributed by atoms with Crippen molar-refractivity contribution in [1.29, 1.82) is 0 Å². The van der Waals surface area contributed by atoms with Crippen LogP contribution >= 0.6 is 11.6 Å². The molecule has 0 aromatic carbocycles. The van der Waals surface area contributed by atoms with Crippen LogP contribution in [-0.2, 0) is 0 Å². The van der Waals surface area contributed by atoms with Crippen molar-refractivity contribution < 1.29 is 13.9 Å². The molecule has 0 saturated carbocycles. The van der Waals surface area contributed by atoms with E-state index >= 15 is 0 Å². The molecule has 2 aromatic heterocycles. The summed E-state index contributed by atoms with van der Waals surface area (Å²) in [6, 6.07) is 4.94. The molecule has 120 valence electrons. The van der Waals surface area contributed by atoms with Gasteiger partial charge in [0.15, 0.2) is 5.76 Å². The topological polar surface area (TPSA) is 67.9 Å². The summed E-state index contributed by atoms with van der Waals surface area (Å²) in [4.78, 5) is 21.5. The molecule has 0 aliphatic carbocycles. The molecule has 2 heterocycles. The molecule has 0 N–H and O–H groups in total. The number of pyridine rings is 1. The van der Waals surface area contributed by atoms with Crippen LogP contribution in [-0.4, -0.2) is 43.7 Å². The van der Waals surface area contributed by atoms with E-state index in [1.54, 1.807) is 32.3 Å². The first kappa shape index (κ1) is 16.8. The number of halogens is 1. The number of hydrogen-bond donors (Lipinski definition) is 0. The summed E-state index contributed by atoms with van der Waals surface area (Å²) in [5.41, 5.74) is 1.30. The van der Waals surface area contributed by atoms with E-state index in [1.165, 1.54) is 12.0 Å². The van der Waals surface area contributed by atoms with Crippen molar-refractivity contribution in [3.05, 3.63) is 36.2 Å². The van der Waals surface area contributed by atoms with Gasteiger partial charge in [-0.05, 0) is 18.9 Å². The number of aromatic nitrogens is 1. The molecular formula is C16H16ClN3O3. The molecule has 0 aliphatic rings. The van der Waals surface area contributed by atoms with Gasteiger partial charge in [-0.3, -0.25) is 9.79 Å². The molecule has 23 heavy (non-hydrogen) atoms. The second-order valence-corrected chi connectivity index (χ2v) is 5.30. The Hall–Kier alpha value is -2.60. The predicted octanol–water partition coefficient (Wildman–Crippen LogP) is 3.59. The fourth-order valence-electron chi connectivity index (χ4n) is 1.96. The third kappa shape index (κ3) is 3.27. The highest BCUT2D eigenvalue weighted by molar-refractivity contribution is 6.48. The summed E-state index contributed by atoms with van der Waals surface area (Å²) < 4.78 is 10.9. The Morgan fingerprint density at radius 2 is 2.13 bits per heavy atom. The van der Waals surface area contributed by atoms with E-state index in [-0.39, 0.29) is 22.5 Å². The lowest BCUT2D eigenvalue weighted by Gasteiger charge is -2.11. The van der Waals surface area contributed by atoms with Crippen LogP contribution in [0.5, 0.6) is 5.88 Å². The van der Waals surface area contributed by atoms with E-state index < -0.39 is 0 Å². The number of methoxy groups -OCH3 is 1. The van der Waals surface area contributed by atoms with Crippen molar-refractivity contribution in [3.63, 3.8) is 0 Å². The molecule has 7 heteroatoms. The number of nitrogens with zero attached hydrogens (tertiary/aromatic N) is 3. The number of hydrogen-bond acceptors (Lipinski definition) is 5. The van der Waals surface area contributed by atoms with Crippen LogP contribution in [0.1, 0.15) is 16.2 Å². The third-order valence-corrected chi connectivity index (χ3v) is 3.25. The molecule has 0 fully saturated rings. The molecule has 0 unspecified atom stereocenters. The van der Waals surface area contributed by atoms with E-state index in [4.69, 9.17) is 20.8 Å². The van der Waals surface area contributed by atoms with Gasteiger partial charge in [-0.2, -0.15) is 0 Å². The highest BCUT2D eigenvalue weighted by Crippen LogP contribution is 2.38. The number of carbonyl (C=O) groups is 1. The lowest BCUT2D eigenvalue weighted by molar-refractivity contribution is 0.0821. The Morgan fingerprint density at radius 3 is 2.61 bits per heavy atom. The molecule has 0 atom stereocenters. The first-order valence-corrected chi connectivity index (χ1v) is 6.99. The quantitative estimate of drug-likeness (QED) is 0.784. The van der Waals surface area contributed by atoms with Crippen LogP contribution in [0.4, 0.5) is 5.69 Å². The maximum atomic E-state index is 12.0. The van der Waals surface area contributed by atoms with Crippen molar-refractivity contribution in [2.45, 2.75) is 0 Å². The monoisotopic (exact) mass is 333 g/mol. The van der Waals surface area contributed by atoms with Crippen LogP contribution in [0.3, 0.4) is 0 Å². The van der Waals surface area contributed by atoms with Gasteiger partial charge in [0.2, 0.25) is 5.88 Å². The average molecular weight is 334 g/mol. The van der Waals surface area contributed by atoms with Crippen molar-refractivity contribution in [3.8, 4) is 17.2 Å². The van der Waals surface area contributed by atoms with Crippen LogP contribution < -0.4 is 4.74 Å². The smallest absolute Gasteiger partial charge is 0.272 e. The van der Waals surface area contributed by atoms with E-state index in [1.807, 2.05) is 0 Å². The van der Waals surface area contributed by atoms with Gasteiger partial charge < -0.3 is 14.1 Å². The van der Waals surface area contributed by atoms with E-state index in [0.717, 1.165) is 0 Å². The molecule has 0 bridgehead atoms. The zero-order valence-corrected chi connectivity index (χ0v) is 13.8. The first-order valence-electron chi connectivity index (χ1n) is 6.61. The second kappa shape index (κ2) is 6.66. The zero-order chi connectivity index (χ0) is 17.1. The van der Waals surface area contributed by atoms with Gasteiger partial charge in [-0.25, -0.2) is 4.98 Å². The second-order valence-electron chi connectivity index (χ2n) is 4.84. The lowest BCUT2D eigenvalue weighted by Crippen LogP contribution is -2.22. The summed E-state index contributed by atoms with van der Waals surface area (Å²) in [6.07, 6.45) is 0. The predicted molar refractivity (Wildman–Crippen MR) is 90.6 cm³/mol. The van der Waals surface area contributed by atoms with Gasteiger partial charge >= 0.3 is 0 Å². The van der Waals surface area contributed by atoms with Gasteiger partial charge in [0.25, 0.3) is 5.91 Å². The number of amides is 1. The number of rotatable bonds is 5. The fraction of sp³-hybridized carbons (Fsp3) is 0.188. The minimum absolute atomic E-state index is 0.213. The number of furan rings is 1. The largest absolute Gasteiger partial charge is 0.480 e. The average Bonchev–Trinajstić information content (AvgIpc) is 2.97. The minimum Gasteiger partial charge on any atom is -0.480 e. The van der Waals surface area contributed by atoms with Gasteiger partial charge in [-0.15, -0.1) is 0 Å². The molecule has 6 nitrogen and oxygen atoms in total. The van der Waals surface area contributed by atoms with E-state index in [0.29, 0.717) is 22.8 Å². The Kier molecular flexibility index (Phi) is 4.86. The zero-order valence-electron chi connectivity index (χ0n) is 13.1. The van der Waals surface area contributed by atoms with Crippen LogP contribution in [0.25, 0.3) is 16.4 Å². The maximum Gasteiger partial charge on any atom is 0.272 e. The molecule has 0 aliphatic heterocycles. The first-order chi connectivity index (χ1) is 10.9. The van der Waals surface area contributed by atoms with Gasteiger partial charge in [-0.1, -0.05) is 18.2 Å². The summed E-state index contributed by atoms with van der Waals surface area (Å²) >= 11 is 5.89. The molecule has 2 rings (SSSR count). The van der Waals surface area contributed by atoms with Gasteiger partial charge in [0.05, 0.1) is 17.7 Å². The number of carbonyl (C=O) groups excluding carboxylic acids is 1. The molecule has 2 aromatic rings. The summed E-state index contributed by atoms with van der Waals surface area (Å²) in [7, 11) is 4.77. The minimum atomic E-state index is -0.224. The van der Waals surface area contributed by atoms with E-state index in [9.17, 15) is 4.79 Å². The highest BCUT2D eigenvalue weighted by atomic mass is 35.5. The third-order valence-electron chi connectivity index (χ3n) is 3.07. The Bertz CT molecular complexity index is 781. The summed E-state index contributed by atoms with van der Waals surface area (Å²) in [5, 5.41) is 0.213. The van der Waals surface area contributed by atoms with Crippen LogP contribution in [0.15, 0.2) is 34.2 Å². The number of aliphatic imine (C=N–C) groups is 1. The van der Waals surface area contributed by atoms with Crippen LogP contribution in [0, 0.1) is 0 Å². The molecule has 0 spiro atoms. The molecule has 1 amide bonds. The van der Waals surface area contributed by atoms with E-state index in [2.05, 4.69) is 23.3 Å². The molecule has 0 saturated heterocycles. The fourth-order valence-corrected chi connectivity index (χ4v) is 2.09. The summed E-state index contributed by atoms with van der Waals surface area (Å²) in [5.74, 6) is 0.802. The standard InChI is InChI=1S/C16H16ClN3O3/c1-9(17)14-12(18-2)8-13(23-14)10-6-7-11(16(21)20(3)4)19-15(10)22-5/h6-8H,1-2H2,3-5H3. The van der Waals surface area contributed by atoms with Crippen molar-refractivity contribution in [1.82, 2.24) is 9.88 Å². The van der Waals surface area contributed by atoms with Crippen molar-refractivity contribution in [2.24, 2.45) is 4.99 Å². The van der Waals surface area contributed by atoms with Crippen LogP contribution in [0.2, 0.25) is 0 Å². The Morgan fingerprint density at radius 1 is 1.43 bits per heavy atom. The van der Waals surface area contributed by atoms with Gasteiger partial charge in [0, 0.05) is 20.2 Å². The Balaban J connectivity index is 2.54. The van der Waals surface area contributed by atoms with Gasteiger partial charge in [0.1, 0.15) is 17.1 Å². The molecular weight excluding hydrogens is 318 g/mol. The van der Waals surface area contributed by atoms with Crippen molar-refractivity contribution in [2.75, 3.05) is 21.2 Å². The lowest BCUT2D eigenvalue weighted by atomic mass is 10.2.